The summed E-state index contributed by atoms with van der Waals surface area (Å²) in [4.78, 5) is 11.8. The van der Waals surface area contributed by atoms with Gasteiger partial charge in [-0.3, -0.25) is 4.79 Å². The van der Waals surface area contributed by atoms with Crippen molar-refractivity contribution in [1.29, 1.82) is 0 Å². The first-order valence-electron chi connectivity index (χ1n) is 12.5. The molecule has 2 N–H and O–H groups in total. The molecule has 0 bridgehead atoms. The first-order valence-corrected chi connectivity index (χ1v) is 12.5. The molecule has 0 aromatic rings. The van der Waals surface area contributed by atoms with Gasteiger partial charge in [-0.15, -0.1) is 0 Å². The minimum atomic E-state index is -4.09. The summed E-state index contributed by atoms with van der Waals surface area (Å²) in [7, 11) is 0. The third-order valence-electron chi connectivity index (χ3n) is 8.17. The van der Waals surface area contributed by atoms with Gasteiger partial charge in [-0.1, -0.05) is 25.8 Å². The van der Waals surface area contributed by atoms with Crippen LogP contribution in [0, 0.1) is 11.8 Å². The maximum absolute atomic E-state index is 13.1. The van der Waals surface area contributed by atoms with Crippen LogP contribution in [0.3, 0.4) is 0 Å². The zero-order valence-corrected chi connectivity index (χ0v) is 18.9. The molecule has 4 rings (SSSR count). The Balaban J connectivity index is 1.39. The van der Waals surface area contributed by atoms with Gasteiger partial charge in [0.1, 0.15) is 0 Å². The van der Waals surface area contributed by atoms with Crippen molar-refractivity contribution in [3.05, 3.63) is 12.7 Å². The highest BCUT2D eigenvalue weighted by atomic mass is 19.4. The molecule has 1 aliphatic heterocycles. The Labute approximate surface area is 189 Å². The van der Waals surface area contributed by atoms with E-state index in [1.807, 2.05) is 0 Å². The monoisotopic (exact) mass is 457 g/mol. The van der Waals surface area contributed by atoms with Crippen molar-refractivity contribution in [3.63, 3.8) is 0 Å². The number of rotatable bonds is 6. The second-order valence-corrected chi connectivity index (χ2v) is 10.2. The van der Waals surface area contributed by atoms with Gasteiger partial charge < -0.3 is 10.1 Å². The minimum Gasteiger partial charge on any atom is -0.375 e. The van der Waals surface area contributed by atoms with Crippen molar-refractivity contribution >= 4 is 5.91 Å². The number of alkyl halides is 3. The molecule has 1 saturated heterocycles. The fraction of sp³-hybridized carbons (Fsp3) is 0.875. The van der Waals surface area contributed by atoms with E-state index in [2.05, 4.69) is 22.3 Å². The summed E-state index contributed by atoms with van der Waals surface area (Å²) in [6.45, 7) is 4.02. The molecule has 4 atom stereocenters. The number of nitrogens with zero attached hydrogens (tertiary/aromatic N) is 1. The van der Waals surface area contributed by atoms with E-state index in [4.69, 9.17) is 4.74 Å². The Kier molecular flexibility index (Phi) is 7.83. The summed E-state index contributed by atoms with van der Waals surface area (Å²) in [6.07, 6.45) is 8.35. The van der Waals surface area contributed by atoms with Gasteiger partial charge in [0.05, 0.1) is 18.1 Å². The molecule has 3 aliphatic carbocycles. The van der Waals surface area contributed by atoms with Gasteiger partial charge in [0.15, 0.2) is 0 Å². The molecule has 32 heavy (non-hydrogen) atoms. The SMILES string of the molecule is C=CC(=O)NCC1NN(C2CCC(C(F)(F)F)CC2)C2CCC(OC3CCCCC3)CC12. The van der Waals surface area contributed by atoms with E-state index in [1.54, 1.807) is 0 Å². The predicted octanol–water partition coefficient (Wildman–Crippen LogP) is 4.49. The van der Waals surface area contributed by atoms with Crippen molar-refractivity contribution in [2.24, 2.45) is 11.8 Å². The zero-order valence-electron chi connectivity index (χ0n) is 18.9. The summed E-state index contributed by atoms with van der Waals surface area (Å²) >= 11 is 0. The van der Waals surface area contributed by atoms with E-state index in [9.17, 15) is 18.0 Å². The Morgan fingerprint density at radius 2 is 1.75 bits per heavy atom. The Morgan fingerprint density at radius 1 is 1.03 bits per heavy atom. The van der Waals surface area contributed by atoms with Crippen LogP contribution in [-0.4, -0.2) is 54.0 Å². The summed E-state index contributed by atoms with van der Waals surface area (Å²) in [6, 6.07) is 0.485. The van der Waals surface area contributed by atoms with E-state index in [0.717, 1.165) is 32.1 Å². The number of carbonyl (C=O) groups excluding carboxylic acids is 1. The van der Waals surface area contributed by atoms with Crippen molar-refractivity contribution in [2.75, 3.05) is 6.54 Å². The van der Waals surface area contributed by atoms with Gasteiger partial charge >= 0.3 is 6.18 Å². The third-order valence-corrected chi connectivity index (χ3v) is 8.17. The first kappa shape index (κ1) is 24.0. The summed E-state index contributed by atoms with van der Waals surface area (Å²) in [5, 5.41) is 5.18. The average Bonchev–Trinajstić information content (AvgIpc) is 3.15. The lowest BCUT2D eigenvalue weighted by atomic mass is 9.78. The van der Waals surface area contributed by atoms with Crippen molar-refractivity contribution in [2.45, 2.75) is 114 Å². The molecule has 8 heteroatoms. The van der Waals surface area contributed by atoms with E-state index in [-0.39, 0.29) is 36.9 Å². The molecule has 4 unspecified atom stereocenters. The van der Waals surface area contributed by atoms with Crippen molar-refractivity contribution in [1.82, 2.24) is 15.8 Å². The Bertz CT molecular complexity index is 645. The number of hydrogen-bond donors (Lipinski definition) is 2. The lowest BCUT2D eigenvalue weighted by Gasteiger charge is -2.41. The molecule has 0 aromatic heterocycles. The molecule has 0 aromatic carbocycles. The van der Waals surface area contributed by atoms with E-state index >= 15 is 0 Å². The summed E-state index contributed by atoms with van der Waals surface area (Å²) in [5.74, 6) is -1.04. The standard InChI is InChI=1S/C24H38F3N3O2/c1-2-23(31)28-15-21-20-14-19(32-18-6-4-3-5-7-18)12-13-22(20)30(29-21)17-10-8-16(9-11-17)24(25,26)27/h2,16-22,29H,1,3-15H2,(H,28,31). The van der Waals surface area contributed by atoms with Crippen LogP contribution < -0.4 is 10.7 Å². The molecular formula is C24H38F3N3O2. The molecule has 3 saturated carbocycles. The molecular weight excluding hydrogens is 419 g/mol. The highest BCUT2D eigenvalue weighted by Crippen LogP contribution is 2.43. The number of hydrazine groups is 1. The quantitative estimate of drug-likeness (QED) is 0.578. The van der Waals surface area contributed by atoms with Crippen LogP contribution >= 0.6 is 0 Å². The predicted molar refractivity (Wildman–Crippen MR) is 117 cm³/mol. The number of carbonyl (C=O) groups is 1. The molecule has 1 amide bonds. The number of amides is 1. The second kappa shape index (κ2) is 10.4. The van der Waals surface area contributed by atoms with Crippen molar-refractivity contribution in [3.8, 4) is 0 Å². The number of hydrogen-bond acceptors (Lipinski definition) is 4. The van der Waals surface area contributed by atoms with Gasteiger partial charge in [-0.2, -0.15) is 13.2 Å². The van der Waals surface area contributed by atoms with Crippen LogP contribution in [0.5, 0.6) is 0 Å². The second-order valence-electron chi connectivity index (χ2n) is 10.2. The fourth-order valence-corrected chi connectivity index (χ4v) is 6.44. The van der Waals surface area contributed by atoms with Crippen LogP contribution in [0.4, 0.5) is 13.2 Å². The molecule has 0 radical (unpaired) electrons. The van der Waals surface area contributed by atoms with Gasteiger partial charge in [0.25, 0.3) is 0 Å². The highest BCUT2D eigenvalue weighted by molar-refractivity contribution is 5.86. The molecule has 182 valence electrons. The van der Waals surface area contributed by atoms with Gasteiger partial charge in [-0.25, -0.2) is 10.4 Å². The van der Waals surface area contributed by atoms with E-state index in [0.29, 0.717) is 37.5 Å². The smallest absolute Gasteiger partial charge is 0.375 e. The number of halogens is 3. The maximum atomic E-state index is 13.1. The molecule has 4 aliphatic rings. The first-order chi connectivity index (χ1) is 15.3. The van der Waals surface area contributed by atoms with Gasteiger partial charge in [-0.05, 0) is 69.8 Å². The maximum Gasteiger partial charge on any atom is 0.391 e. The lowest BCUT2D eigenvalue weighted by molar-refractivity contribution is -0.185. The van der Waals surface area contributed by atoms with E-state index < -0.39 is 12.1 Å². The fourth-order valence-electron chi connectivity index (χ4n) is 6.44. The van der Waals surface area contributed by atoms with Crippen LogP contribution in [0.15, 0.2) is 12.7 Å². The van der Waals surface area contributed by atoms with Gasteiger partial charge in [0.2, 0.25) is 5.91 Å². The van der Waals surface area contributed by atoms with Crippen LogP contribution in [-0.2, 0) is 9.53 Å². The van der Waals surface area contributed by atoms with Crippen LogP contribution in [0.2, 0.25) is 0 Å². The zero-order chi connectivity index (χ0) is 22.7. The Morgan fingerprint density at radius 3 is 2.41 bits per heavy atom. The van der Waals surface area contributed by atoms with Crippen LogP contribution in [0.25, 0.3) is 0 Å². The van der Waals surface area contributed by atoms with E-state index in [1.165, 1.54) is 25.3 Å². The summed E-state index contributed by atoms with van der Waals surface area (Å²) in [5.41, 5.74) is 3.61. The Hall–Kier alpha value is -1.12. The number of ether oxygens (including phenoxy) is 1. The number of fused-ring (bicyclic) bond motifs is 1. The molecule has 4 fully saturated rings. The molecule has 0 spiro atoms. The largest absolute Gasteiger partial charge is 0.391 e. The third kappa shape index (κ3) is 5.68. The normalized spacial score (nSPS) is 37.1. The summed E-state index contributed by atoms with van der Waals surface area (Å²) < 4.78 is 45.9. The van der Waals surface area contributed by atoms with Crippen molar-refractivity contribution < 1.29 is 22.7 Å². The minimum absolute atomic E-state index is 0.0713. The average molecular weight is 458 g/mol. The van der Waals surface area contributed by atoms with Gasteiger partial charge in [0, 0.05) is 24.7 Å². The molecule has 1 heterocycles. The topological polar surface area (TPSA) is 53.6 Å². The van der Waals surface area contributed by atoms with Crippen LogP contribution in [0.1, 0.15) is 77.0 Å². The lowest BCUT2D eigenvalue weighted by Crippen LogP contribution is -2.50. The highest BCUT2D eigenvalue weighted by Gasteiger charge is 2.49. The number of nitrogens with one attached hydrogen (secondary N) is 2. The molecule has 5 nitrogen and oxygen atoms in total.